The van der Waals surface area contributed by atoms with Gasteiger partial charge in [-0.3, -0.25) is 19.0 Å². The van der Waals surface area contributed by atoms with E-state index in [1.807, 2.05) is 48.5 Å². The Labute approximate surface area is 264 Å². The third-order valence-corrected chi connectivity index (χ3v) is 8.25. The van der Waals surface area contributed by atoms with E-state index in [4.69, 9.17) is 19.0 Å². The standard InChI is InChI=1S/C35H32N2O7S/c1-41-33(38)29(34(39)42-2)21-23-9-16-28(17-10-23)44-20-19-37-30-18-15-27(22-31(30)45-35(37)40)32(36-43-3)26-13-11-25(12-14-26)24-7-5-4-6-8-24/h4-18,22,29H,19-21H2,1-3H3/b36-32-. The molecule has 0 atom stereocenters. The number of methoxy groups -OCH3 is 2. The second-order valence-corrected chi connectivity index (χ2v) is 11.1. The van der Waals surface area contributed by atoms with Crippen LogP contribution in [0.1, 0.15) is 16.7 Å². The fourth-order valence-electron chi connectivity index (χ4n) is 5.00. The predicted octanol–water partition coefficient (Wildman–Crippen LogP) is 5.71. The van der Waals surface area contributed by atoms with E-state index in [1.165, 1.54) is 32.7 Å². The number of thiazole rings is 1. The first-order chi connectivity index (χ1) is 21.9. The Morgan fingerprint density at radius 1 is 0.800 bits per heavy atom. The molecule has 5 aromatic rings. The van der Waals surface area contributed by atoms with E-state index in [9.17, 15) is 14.4 Å². The molecular weight excluding hydrogens is 592 g/mol. The molecule has 0 unspecified atom stereocenters. The van der Waals surface area contributed by atoms with Crippen molar-refractivity contribution in [2.45, 2.75) is 13.0 Å². The number of carbonyl (C=O) groups excluding carboxylic acids is 2. The Morgan fingerprint density at radius 3 is 2.09 bits per heavy atom. The monoisotopic (exact) mass is 624 g/mol. The van der Waals surface area contributed by atoms with Crippen molar-refractivity contribution >= 4 is 39.2 Å². The fourth-order valence-corrected chi connectivity index (χ4v) is 5.96. The molecule has 0 aliphatic rings. The van der Waals surface area contributed by atoms with Crippen LogP contribution in [-0.2, 0) is 36.9 Å². The van der Waals surface area contributed by atoms with Gasteiger partial charge in [0.15, 0.2) is 5.92 Å². The minimum Gasteiger partial charge on any atom is -0.492 e. The molecule has 1 heterocycles. The lowest BCUT2D eigenvalue weighted by Crippen LogP contribution is -2.28. The van der Waals surface area contributed by atoms with Crippen LogP contribution in [0.4, 0.5) is 0 Å². The van der Waals surface area contributed by atoms with Crippen LogP contribution in [0.15, 0.2) is 107 Å². The van der Waals surface area contributed by atoms with Crippen molar-refractivity contribution in [1.29, 1.82) is 0 Å². The Kier molecular flexibility index (Phi) is 10.1. The zero-order valence-electron chi connectivity index (χ0n) is 25.1. The molecule has 4 aromatic carbocycles. The van der Waals surface area contributed by atoms with Crippen LogP contribution < -0.4 is 9.61 Å². The van der Waals surface area contributed by atoms with Crippen molar-refractivity contribution in [3.63, 3.8) is 0 Å². The molecule has 0 aliphatic heterocycles. The number of benzene rings is 4. The van der Waals surface area contributed by atoms with Gasteiger partial charge >= 0.3 is 16.8 Å². The number of aromatic nitrogens is 1. The lowest BCUT2D eigenvalue weighted by atomic mass is 9.99. The van der Waals surface area contributed by atoms with Gasteiger partial charge in [-0.05, 0) is 47.4 Å². The van der Waals surface area contributed by atoms with E-state index in [0.29, 0.717) is 18.0 Å². The number of oxime groups is 1. The molecule has 0 fully saturated rings. The number of esters is 2. The molecule has 0 saturated heterocycles. The third-order valence-electron chi connectivity index (χ3n) is 7.31. The Hall–Kier alpha value is -5.22. The van der Waals surface area contributed by atoms with Gasteiger partial charge in [0.05, 0.1) is 31.0 Å². The molecule has 0 N–H and O–H groups in total. The maximum absolute atomic E-state index is 12.9. The summed E-state index contributed by atoms with van der Waals surface area (Å²) in [5.41, 5.74) is 6.19. The van der Waals surface area contributed by atoms with Gasteiger partial charge in [0, 0.05) is 11.1 Å². The summed E-state index contributed by atoms with van der Waals surface area (Å²) in [4.78, 5) is 42.0. The second kappa shape index (κ2) is 14.5. The maximum Gasteiger partial charge on any atom is 0.320 e. The van der Waals surface area contributed by atoms with E-state index in [2.05, 4.69) is 29.4 Å². The maximum atomic E-state index is 12.9. The summed E-state index contributed by atoms with van der Waals surface area (Å²) in [7, 11) is 3.98. The van der Waals surface area contributed by atoms with Crippen molar-refractivity contribution in [1.82, 2.24) is 4.57 Å². The molecule has 0 radical (unpaired) electrons. The molecule has 1 aromatic heterocycles. The number of ether oxygens (including phenoxy) is 3. The highest BCUT2D eigenvalue weighted by atomic mass is 32.1. The number of rotatable bonds is 12. The molecule has 230 valence electrons. The highest BCUT2D eigenvalue weighted by Gasteiger charge is 2.28. The Balaban J connectivity index is 1.26. The molecule has 9 nitrogen and oxygen atoms in total. The minimum absolute atomic E-state index is 0.0878. The first-order valence-corrected chi connectivity index (χ1v) is 15.0. The minimum atomic E-state index is -1.04. The summed E-state index contributed by atoms with van der Waals surface area (Å²) in [5, 5.41) is 4.30. The summed E-state index contributed by atoms with van der Waals surface area (Å²) in [6.45, 7) is 0.622. The van der Waals surface area contributed by atoms with Gasteiger partial charge in [-0.15, -0.1) is 0 Å². The van der Waals surface area contributed by atoms with Gasteiger partial charge in [-0.1, -0.05) is 89.3 Å². The molecule has 10 heteroatoms. The summed E-state index contributed by atoms with van der Waals surface area (Å²) in [6, 6.07) is 31.1. The quantitative estimate of drug-likeness (QED) is 0.0758. The number of nitrogens with zero attached hydrogens (tertiary/aromatic N) is 2. The van der Waals surface area contributed by atoms with Gasteiger partial charge < -0.3 is 19.0 Å². The van der Waals surface area contributed by atoms with Crippen LogP contribution in [-0.4, -0.2) is 50.2 Å². The van der Waals surface area contributed by atoms with Crippen LogP contribution in [0.25, 0.3) is 21.3 Å². The molecule has 0 amide bonds. The first kappa shape index (κ1) is 31.2. The van der Waals surface area contributed by atoms with Gasteiger partial charge in [-0.25, -0.2) is 0 Å². The van der Waals surface area contributed by atoms with Gasteiger partial charge in [0.25, 0.3) is 0 Å². The van der Waals surface area contributed by atoms with Crippen molar-refractivity contribution in [3.8, 4) is 16.9 Å². The SMILES string of the molecule is CO/N=C(/c1ccc(-c2ccccc2)cc1)c1ccc2c(c1)sc(=O)n2CCOc1ccc(CC(C(=O)OC)C(=O)OC)cc1. The molecule has 0 bridgehead atoms. The van der Waals surface area contributed by atoms with Crippen LogP contribution in [0, 0.1) is 5.92 Å². The lowest BCUT2D eigenvalue weighted by Gasteiger charge is -2.13. The van der Waals surface area contributed by atoms with Crippen LogP contribution in [0.2, 0.25) is 0 Å². The van der Waals surface area contributed by atoms with E-state index in [1.54, 1.807) is 28.8 Å². The van der Waals surface area contributed by atoms with E-state index < -0.39 is 17.9 Å². The van der Waals surface area contributed by atoms with Crippen LogP contribution >= 0.6 is 11.3 Å². The number of fused-ring (bicyclic) bond motifs is 1. The largest absolute Gasteiger partial charge is 0.492 e. The Morgan fingerprint density at radius 2 is 1.44 bits per heavy atom. The average molecular weight is 625 g/mol. The lowest BCUT2D eigenvalue weighted by molar-refractivity contribution is -0.158. The Bertz CT molecular complexity index is 1840. The van der Waals surface area contributed by atoms with Crippen molar-refractivity contribution < 1.29 is 28.6 Å². The topological polar surface area (TPSA) is 105 Å². The predicted molar refractivity (Wildman–Crippen MR) is 174 cm³/mol. The third kappa shape index (κ3) is 7.30. The smallest absolute Gasteiger partial charge is 0.320 e. The van der Waals surface area contributed by atoms with Crippen LogP contribution in [0.5, 0.6) is 5.75 Å². The highest BCUT2D eigenvalue weighted by Crippen LogP contribution is 2.24. The van der Waals surface area contributed by atoms with Gasteiger partial charge in [0.1, 0.15) is 25.2 Å². The molecule has 0 aliphatic carbocycles. The molecule has 5 rings (SSSR count). The summed E-state index contributed by atoms with van der Waals surface area (Å²) >= 11 is 1.17. The zero-order chi connectivity index (χ0) is 31.8. The van der Waals surface area contributed by atoms with E-state index in [0.717, 1.165) is 38.0 Å². The highest BCUT2D eigenvalue weighted by molar-refractivity contribution is 7.16. The summed E-state index contributed by atoms with van der Waals surface area (Å²) in [5.74, 6) is -1.74. The number of carbonyl (C=O) groups is 2. The number of hydrogen-bond acceptors (Lipinski definition) is 9. The van der Waals surface area contributed by atoms with Crippen LogP contribution in [0.3, 0.4) is 0 Å². The summed E-state index contributed by atoms with van der Waals surface area (Å²) < 4.78 is 17.9. The van der Waals surface area contributed by atoms with E-state index >= 15 is 0 Å². The van der Waals surface area contributed by atoms with Crippen molar-refractivity contribution in [2.24, 2.45) is 11.1 Å². The van der Waals surface area contributed by atoms with Crippen molar-refractivity contribution in [2.75, 3.05) is 27.9 Å². The van der Waals surface area contributed by atoms with Gasteiger partial charge in [0.2, 0.25) is 0 Å². The molecular formula is C35H32N2O7S. The zero-order valence-corrected chi connectivity index (χ0v) is 25.9. The summed E-state index contributed by atoms with van der Waals surface area (Å²) in [6.07, 6.45) is 0.147. The van der Waals surface area contributed by atoms with Gasteiger partial charge in [-0.2, -0.15) is 0 Å². The first-order valence-electron chi connectivity index (χ1n) is 14.2. The molecule has 0 saturated carbocycles. The average Bonchev–Trinajstić information content (AvgIpc) is 3.40. The van der Waals surface area contributed by atoms with E-state index in [-0.39, 0.29) is 17.9 Å². The normalized spacial score (nSPS) is 11.4. The molecule has 45 heavy (non-hydrogen) atoms. The second-order valence-electron chi connectivity index (χ2n) is 10.1. The number of hydrogen-bond donors (Lipinski definition) is 0. The molecule has 0 spiro atoms. The fraction of sp³-hybridized carbons (Fsp3) is 0.200. The van der Waals surface area contributed by atoms with Crippen molar-refractivity contribution in [3.05, 3.63) is 123 Å².